The van der Waals surface area contributed by atoms with Crippen LogP contribution in [0.25, 0.3) is 44.5 Å². The Labute approximate surface area is 229 Å². The zero-order chi connectivity index (χ0) is 27.9. The van der Waals surface area contributed by atoms with Gasteiger partial charge in [-0.15, -0.1) is 5.10 Å². The van der Waals surface area contributed by atoms with E-state index in [2.05, 4.69) is 22.2 Å². The number of esters is 1. The van der Waals surface area contributed by atoms with E-state index >= 15 is 0 Å². The van der Waals surface area contributed by atoms with E-state index in [0.29, 0.717) is 29.9 Å². The van der Waals surface area contributed by atoms with Crippen LogP contribution in [0.15, 0.2) is 41.5 Å². The molecule has 4 bridgehead atoms. The first-order valence-electron chi connectivity index (χ1n) is 13.5. The van der Waals surface area contributed by atoms with Gasteiger partial charge in [-0.25, -0.2) is 9.78 Å². The standard InChI is InChI=1S/C29H31N7O4/c1-14-9-22(37)40-21-11-17(10-19(21)30)36-26-20(35(3)29(36)38)12-31-27-24(26)23(16-7-5-15(14)6-8-16)25(32-27)18-13-34(2)33-28(18)39-4/h5-8,12-14,17,19,21H,9-11,30H2,1-4H3,(H,31,32)/t14-,17+,19+,21-/m1/s1. The largest absolute Gasteiger partial charge is 0.479 e. The molecule has 8 rings (SSSR count). The quantitative estimate of drug-likeness (QED) is 0.327. The van der Waals surface area contributed by atoms with Crippen molar-refractivity contribution in [2.24, 2.45) is 19.8 Å². The minimum absolute atomic E-state index is 0.0320. The molecule has 4 aromatic heterocycles. The number of nitrogens with one attached hydrogen (secondary N) is 1. The molecule has 1 aliphatic carbocycles. The van der Waals surface area contributed by atoms with Crippen molar-refractivity contribution in [2.75, 3.05) is 7.11 Å². The minimum Gasteiger partial charge on any atom is -0.479 e. The summed E-state index contributed by atoms with van der Waals surface area (Å²) in [7, 11) is 5.20. The number of hydrogen-bond acceptors (Lipinski definition) is 7. The summed E-state index contributed by atoms with van der Waals surface area (Å²) in [5.74, 6) is 0.172. The third kappa shape index (κ3) is 3.53. The fourth-order valence-corrected chi connectivity index (χ4v) is 6.51. The molecule has 6 heterocycles. The van der Waals surface area contributed by atoms with Gasteiger partial charge in [0.15, 0.2) is 0 Å². The topological polar surface area (TPSA) is 135 Å². The number of ether oxygens (including phenoxy) is 2. The maximum Gasteiger partial charge on any atom is 0.329 e. The van der Waals surface area contributed by atoms with Gasteiger partial charge in [-0.2, -0.15) is 0 Å². The van der Waals surface area contributed by atoms with Gasteiger partial charge >= 0.3 is 11.7 Å². The lowest BCUT2D eigenvalue weighted by Gasteiger charge is -2.18. The van der Waals surface area contributed by atoms with Crippen LogP contribution in [0.4, 0.5) is 0 Å². The SMILES string of the molecule is COc1nn(C)cc1-c1[nH]c2ncc3c4c2c1-c1ccc(cc1)[C@H](C)CC(=O)O[C@@H]1C[C@H](C[C@@H]1N)n4c(=O)n3C. The molecule has 4 atom stereocenters. The zero-order valence-corrected chi connectivity index (χ0v) is 22.8. The zero-order valence-electron chi connectivity index (χ0n) is 22.8. The molecule has 1 fully saturated rings. The molecule has 0 radical (unpaired) electrons. The van der Waals surface area contributed by atoms with Crippen molar-refractivity contribution in [3.05, 3.63) is 52.7 Å². The van der Waals surface area contributed by atoms with E-state index < -0.39 is 6.10 Å². The second-order valence-electron chi connectivity index (χ2n) is 11.1. The number of benzene rings is 1. The first-order valence-corrected chi connectivity index (χ1v) is 13.5. The van der Waals surface area contributed by atoms with Gasteiger partial charge in [-0.05, 0) is 23.5 Å². The Morgan fingerprint density at radius 3 is 2.67 bits per heavy atom. The normalized spacial score (nSPS) is 22.7. The van der Waals surface area contributed by atoms with Crippen LogP contribution in [0.2, 0.25) is 0 Å². The minimum atomic E-state index is -0.461. The van der Waals surface area contributed by atoms with Crippen LogP contribution in [0, 0.1) is 0 Å². The number of aryl methyl sites for hydroxylation is 2. The molecule has 1 saturated carbocycles. The van der Waals surface area contributed by atoms with Crippen LogP contribution >= 0.6 is 0 Å². The summed E-state index contributed by atoms with van der Waals surface area (Å²) >= 11 is 0. The number of methoxy groups -OCH3 is 1. The van der Waals surface area contributed by atoms with E-state index in [4.69, 9.17) is 20.2 Å². The Morgan fingerprint density at radius 1 is 1.15 bits per heavy atom. The number of fused-ring (bicyclic) bond motifs is 5. The number of imidazole rings is 1. The van der Waals surface area contributed by atoms with E-state index in [0.717, 1.165) is 38.9 Å². The average Bonchev–Trinajstić information content (AvgIpc) is 3.66. The van der Waals surface area contributed by atoms with Crippen LogP contribution in [0.1, 0.15) is 43.7 Å². The molecule has 0 spiro atoms. The maximum atomic E-state index is 13.8. The second kappa shape index (κ2) is 8.82. The third-order valence-corrected chi connectivity index (χ3v) is 8.54. The van der Waals surface area contributed by atoms with E-state index in [1.165, 1.54) is 0 Å². The Hall–Kier alpha value is -4.38. The first-order chi connectivity index (χ1) is 19.2. The Balaban J connectivity index is 1.61. The Morgan fingerprint density at radius 2 is 1.93 bits per heavy atom. The van der Waals surface area contributed by atoms with Gasteiger partial charge in [0.05, 0.1) is 47.4 Å². The van der Waals surface area contributed by atoms with Gasteiger partial charge in [-0.3, -0.25) is 18.6 Å². The fourth-order valence-electron chi connectivity index (χ4n) is 6.51. The fraction of sp³-hybridized carbons (Fsp3) is 0.379. The highest BCUT2D eigenvalue weighted by molar-refractivity contribution is 6.14. The lowest BCUT2D eigenvalue weighted by atomic mass is 9.93. The van der Waals surface area contributed by atoms with Crippen LogP contribution in [0.3, 0.4) is 0 Å². The lowest BCUT2D eigenvalue weighted by Crippen LogP contribution is -2.33. The molecule has 3 aliphatic rings. The molecule has 40 heavy (non-hydrogen) atoms. The summed E-state index contributed by atoms with van der Waals surface area (Å²) in [6, 6.07) is 7.59. The highest BCUT2D eigenvalue weighted by Gasteiger charge is 2.38. The predicted octanol–water partition coefficient (Wildman–Crippen LogP) is 3.37. The molecule has 3 N–H and O–H groups in total. The molecule has 11 heteroatoms. The molecule has 0 amide bonds. The van der Waals surface area contributed by atoms with E-state index in [1.54, 1.807) is 29.6 Å². The van der Waals surface area contributed by atoms with Gasteiger partial charge in [0, 0.05) is 44.4 Å². The lowest BCUT2D eigenvalue weighted by molar-refractivity contribution is -0.149. The molecule has 1 aromatic carbocycles. The molecule has 11 nitrogen and oxygen atoms in total. The molecule has 5 aromatic rings. The molecule has 206 valence electrons. The highest BCUT2D eigenvalue weighted by Crippen LogP contribution is 2.44. The van der Waals surface area contributed by atoms with Crippen molar-refractivity contribution in [3.8, 4) is 28.3 Å². The van der Waals surface area contributed by atoms with Gasteiger partial charge in [-0.1, -0.05) is 31.2 Å². The summed E-state index contributed by atoms with van der Waals surface area (Å²) in [6.45, 7) is 2.02. The number of rotatable bonds is 2. The smallest absolute Gasteiger partial charge is 0.329 e. The van der Waals surface area contributed by atoms with Crippen molar-refractivity contribution in [1.29, 1.82) is 0 Å². The van der Waals surface area contributed by atoms with Crippen molar-refractivity contribution in [1.82, 2.24) is 28.9 Å². The predicted molar refractivity (Wildman–Crippen MR) is 150 cm³/mol. The van der Waals surface area contributed by atoms with Gasteiger partial charge in [0.2, 0.25) is 5.88 Å². The monoisotopic (exact) mass is 541 g/mol. The number of nitrogens with zero attached hydrogens (tertiary/aromatic N) is 5. The van der Waals surface area contributed by atoms with Gasteiger partial charge in [0.25, 0.3) is 0 Å². The number of nitrogens with two attached hydrogens (primary N) is 1. The van der Waals surface area contributed by atoms with E-state index in [-0.39, 0.29) is 36.1 Å². The van der Waals surface area contributed by atoms with Crippen LogP contribution < -0.4 is 16.2 Å². The average molecular weight is 542 g/mol. The summed E-state index contributed by atoms with van der Waals surface area (Å²) in [4.78, 5) is 35.0. The Bertz CT molecular complexity index is 1860. The number of aromatic amines is 1. The van der Waals surface area contributed by atoms with Crippen LogP contribution in [-0.2, 0) is 23.6 Å². The van der Waals surface area contributed by atoms with Crippen molar-refractivity contribution in [3.63, 3.8) is 0 Å². The molecule has 0 unspecified atom stereocenters. The summed E-state index contributed by atoms with van der Waals surface area (Å²) < 4.78 is 16.7. The molecule has 2 aliphatic heterocycles. The van der Waals surface area contributed by atoms with Gasteiger partial charge in [0.1, 0.15) is 11.8 Å². The number of carbonyl (C=O) groups is 1. The Kier molecular flexibility index (Phi) is 5.43. The number of carbonyl (C=O) groups excluding carboxylic acids is 1. The maximum absolute atomic E-state index is 13.8. The summed E-state index contributed by atoms with van der Waals surface area (Å²) in [5, 5.41) is 5.32. The number of hydrogen-bond donors (Lipinski definition) is 2. The van der Waals surface area contributed by atoms with E-state index in [9.17, 15) is 9.59 Å². The third-order valence-electron chi connectivity index (χ3n) is 8.54. The number of H-pyrrole nitrogens is 1. The second-order valence-corrected chi connectivity index (χ2v) is 11.1. The molecular formula is C29H31N7O4. The molecule has 0 saturated heterocycles. The highest BCUT2D eigenvalue weighted by atomic mass is 16.5. The number of pyridine rings is 1. The van der Waals surface area contributed by atoms with Crippen LogP contribution in [0.5, 0.6) is 5.88 Å². The molecular weight excluding hydrogens is 510 g/mol. The van der Waals surface area contributed by atoms with Crippen molar-refractivity contribution < 1.29 is 14.3 Å². The van der Waals surface area contributed by atoms with Gasteiger partial charge < -0.3 is 20.2 Å². The van der Waals surface area contributed by atoms with E-state index in [1.807, 2.05) is 36.9 Å². The number of aromatic nitrogens is 6. The van der Waals surface area contributed by atoms with Crippen LogP contribution in [-0.4, -0.2) is 54.1 Å². The first kappa shape index (κ1) is 24.6. The van der Waals surface area contributed by atoms with Crippen molar-refractivity contribution in [2.45, 2.75) is 50.3 Å². The summed E-state index contributed by atoms with van der Waals surface area (Å²) in [6.07, 6.45) is 4.41. The summed E-state index contributed by atoms with van der Waals surface area (Å²) in [5.41, 5.74) is 12.9. The van der Waals surface area contributed by atoms with Crippen molar-refractivity contribution >= 4 is 28.0 Å².